The molecule has 0 radical (unpaired) electrons. The molecule has 2 heteroatoms. The van der Waals surface area contributed by atoms with Crippen LogP contribution in [0.2, 0.25) is 0 Å². The molecule has 2 rings (SSSR count). The maximum Gasteiger partial charge on any atom is 0.122 e. The topological polar surface area (TPSA) is 35.2 Å². The molecule has 0 saturated heterocycles. The highest BCUT2D eigenvalue weighted by molar-refractivity contribution is 5.37. The third kappa shape index (κ3) is 3.50. The van der Waals surface area contributed by atoms with E-state index < -0.39 is 0 Å². The van der Waals surface area contributed by atoms with Crippen LogP contribution in [-0.2, 0) is 6.42 Å². The van der Waals surface area contributed by atoms with E-state index in [4.69, 9.17) is 10.5 Å². The Morgan fingerprint density at radius 3 is 2.42 bits per heavy atom. The number of hydrogen-bond donors (Lipinski definition) is 1. The fourth-order valence-corrected chi connectivity index (χ4v) is 3.38. The molecule has 2 nitrogen and oxygen atoms in total. The van der Waals surface area contributed by atoms with Crippen molar-refractivity contribution in [3.05, 3.63) is 29.3 Å². The molecule has 2 N–H and O–H groups in total. The lowest BCUT2D eigenvalue weighted by Gasteiger charge is -2.32. The Labute approximate surface area is 117 Å². The van der Waals surface area contributed by atoms with Crippen LogP contribution in [0.4, 0.5) is 0 Å². The summed E-state index contributed by atoms with van der Waals surface area (Å²) in [6.07, 6.45) is 8.98. The molecule has 0 spiro atoms. The molecule has 19 heavy (non-hydrogen) atoms. The highest BCUT2D eigenvalue weighted by Gasteiger charge is 2.30. The van der Waals surface area contributed by atoms with E-state index in [0.717, 1.165) is 18.7 Å². The fourth-order valence-electron chi connectivity index (χ4n) is 3.38. The number of methoxy groups -OCH3 is 1. The highest BCUT2D eigenvalue weighted by atomic mass is 16.5. The van der Waals surface area contributed by atoms with E-state index in [1.54, 1.807) is 7.11 Å². The van der Waals surface area contributed by atoms with Crippen LogP contribution in [0.25, 0.3) is 0 Å². The molecule has 0 heterocycles. The molecule has 106 valence electrons. The summed E-state index contributed by atoms with van der Waals surface area (Å²) in [5.74, 6) is 1.02. The average molecular weight is 261 g/mol. The molecule has 0 aromatic heterocycles. The van der Waals surface area contributed by atoms with Crippen molar-refractivity contribution >= 4 is 0 Å². The van der Waals surface area contributed by atoms with E-state index in [-0.39, 0.29) is 5.41 Å². The molecule has 1 fully saturated rings. The molecule has 1 aliphatic rings. The van der Waals surface area contributed by atoms with Crippen molar-refractivity contribution in [2.75, 3.05) is 13.7 Å². The van der Waals surface area contributed by atoms with Gasteiger partial charge < -0.3 is 10.5 Å². The van der Waals surface area contributed by atoms with Gasteiger partial charge in [-0.15, -0.1) is 0 Å². The van der Waals surface area contributed by atoms with Gasteiger partial charge in [0.2, 0.25) is 0 Å². The van der Waals surface area contributed by atoms with E-state index in [1.807, 2.05) is 0 Å². The molecule has 1 aromatic rings. The van der Waals surface area contributed by atoms with Gasteiger partial charge in [0.05, 0.1) is 7.11 Å². The molecule has 1 aliphatic carbocycles. The Hall–Kier alpha value is -1.02. The molecule has 0 aliphatic heterocycles. The molecule has 1 saturated carbocycles. The fraction of sp³-hybridized carbons (Fsp3) is 0.647. The van der Waals surface area contributed by atoms with Crippen LogP contribution < -0.4 is 10.5 Å². The second kappa shape index (κ2) is 6.42. The van der Waals surface area contributed by atoms with Gasteiger partial charge in [0, 0.05) is 0 Å². The first kappa shape index (κ1) is 14.4. The predicted octanol–water partition coefficient (Wildman–Crippen LogP) is 3.85. The summed E-state index contributed by atoms with van der Waals surface area (Å²) < 4.78 is 5.52. The van der Waals surface area contributed by atoms with Crippen LogP contribution >= 0.6 is 0 Å². The first-order chi connectivity index (χ1) is 9.19. The molecule has 0 bridgehead atoms. The number of benzene rings is 1. The van der Waals surface area contributed by atoms with Crippen molar-refractivity contribution in [3.8, 4) is 5.75 Å². The number of rotatable bonds is 4. The monoisotopic (exact) mass is 261 g/mol. The van der Waals surface area contributed by atoms with Crippen molar-refractivity contribution < 1.29 is 4.74 Å². The van der Waals surface area contributed by atoms with E-state index in [2.05, 4.69) is 25.1 Å². The van der Waals surface area contributed by atoms with Gasteiger partial charge in [-0.05, 0) is 49.8 Å². The summed E-state index contributed by atoms with van der Waals surface area (Å²) in [5, 5.41) is 0. The van der Waals surface area contributed by atoms with Crippen LogP contribution in [0.5, 0.6) is 5.75 Å². The number of aryl methyl sites for hydroxylation is 1. The first-order valence-corrected chi connectivity index (χ1v) is 7.53. The SMILES string of the molecule is COc1ccc(C)cc1CC1(CN)CCCCCC1. The lowest BCUT2D eigenvalue weighted by Crippen LogP contribution is -2.32. The van der Waals surface area contributed by atoms with E-state index >= 15 is 0 Å². The molecular weight excluding hydrogens is 234 g/mol. The Morgan fingerprint density at radius 1 is 1.16 bits per heavy atom. The lowest BCUT2D eigenvalue weighted by atomic mass is 9.75. The largest absolute Gasteiger partial charge is 0.496 e. The molecular formula is C17H27NO. The normalized spacial score (nSPS) is 18.9. The zero-order valence-electron chi connectivity index (χ0n) is 12.4. The highest BCUT2D eigenvalue weighted by Crippen LogP contribution is 2.39. The van der Waals surface area contributed by atoms with Crippen molar-refractivity contribution in [3.63, 3.8) is 0 Å². The van der Waals surface area contributed by atoms with Gasteiger partial charge >= 0.3 is 0 Å². The van der Waals surface area contributed by atoms with Crippen molar-refractivity contribution in [1.29, 1.82) is 0 Å². The summed E-state index contributed by atoms with van der Waals surface area (Å²) in [6, 6.07) is 6.47. The Bertz CT molecular complexity index is 406. The standard InChI is InChI=1S/C17H27NO/c1-14-7-8-16(19-2)15(11-14)12-17(13-18)9-5-3-4-6-10-17/h7-8,11H,3-6,9-10,12-13,18H2,1-2H3. The Balaban J connectivity index is 2.23. The van der Waals surface area contributed by atoms with E-state index in [1.165, 1.54) is 49.7 Å². The maximum atomic E-state index is 6.14. The van der Waals surface area contributed by atoms with Gasteiger partial charge in [-0.3, -0.25) is 0 Å². The van der Waals surface area contributed by atoms with Gasteiger partial charge in [0.15, 0.2) is 0 Å². The number of nitrogens with two attached hydrogens (primary N) is 1. The summed E-state index contributed by atoms with van der Waals surface area (Å²) in [7, 11) is 1.76. The third-order valence-corrected chi connectivity index (χ3v) is 4.60. The minimum Gasteiger partial charge on any atom is -0.496 e. The summed E-state index contributed by atoms with van der Waals surface area (Å²) in [5.41, 5.74) is 9.06. The molecule has 1 aromatic carbocycles. The maximum absolute atomic E-state index is 6.14. The van der Waals surface area contributed by atoms with E-state index in [0.29, 0.717) is 0 Å². The van der Waals surface area contributed by atoms with Crippen molar-refractivity contribution in [1.82, 2.24) is 0 Å². The number of ether oxygens (including phenoxy) is 1. The second-order valence-electron chi connectivity index (χ2n) is 6.11. The molecule has 0 atom stereocenters. The van der Waals surface area contributed by atoms with Crippen LogP contribution in [-0.4, -0.2) is 13.7 Å². The first-order valence-electron chi connectivity index (χ1n) is 7.53. The third-order valence-electron chi connectivity index (χ3n) is 4.60. The minimum absolute atomic E-state index is 0.289. The van der Waals surface area contributed by atoms with Crippen molar-refractivity contribution in [2.45, 2.75) is 51.9 Å². The van der Waals surface area contributed by atoms with Crippen molar-refractivity contribution in [2.24, 2.45) is 11.1 Å². The minimum atomic E-state index is 0.289. The van der Waals surface area contributed by atoms with Crippen LogP contribution in [0.3, 0.4) is 0 Å². The zero-order valence-corrected chi connectivity index (χ0v) is 12.4. The smallest absolute Gasteiger partial charge is 0.122 e. The predicted molar refractivity (Wildman–Crippen MR) is 80.6 cm³/mol. The zero-order chi connectivity index (χ0) is 13.7. The summed E-state index contributed by atoms with van der Waals surface area (Å²) in [4.78, 5) is 0. The average Bonchev–Trinajstić information content (AvgIpc) is 2.65. The Morgan fingerprint density at radius 2 is 1.84 bits per heavy atom. The molecule has 0 amide bonds. The van der Waals surface area contributed by atoms with Gasteiger partial charge in [0.1, 0.15) is 5.75 Å². The van der Waals surface area contributed by atoms with Crippen LogP contribution in [0.1, 0.15) is 49.7 Å². The second-order valence-corrected chi connectivity index (χ2v) is 6.11. The van der Waals surface area contributed by atoms with Gasteiger partial charge in [-0.2, -0.15) is 0 Å². The van der Waals surface area contributed by atoms with Gasteiger partial charge in [-0.25, -0.2) is 0 Å². The molecule has 0 unspecified atom stereocenters. The quantitative estimate of drug-likeness (QED) is 0.836. The van der Waals surface area contributed by atoms with E-state index in [9.17, 15) is 0 Å². The summed E-state index contributed by atoms with van der Waals surface area (Å²) >= 11 is 0. The Kier molecular flexibility index (Phi) is 4.87. The van der Waals surface area contributed by atoms with Gasteiger partial charge in [-0.1, -0.05) is 43.4 Å². The lowest BCUT2D eigenvalue weighted by molar-refractivity contribution is 0.249. The number of hydrogen-bond acceptors (Lipinski definition) is 2. The van der Waals surface area contributed by atoms with Crippen LogP contribution in [0.15, 0.2) is 18.2 Å². The van der Waals surface area contributed by atoms with Gasteiger partial charge in [0.25, 0.3) is 0 Å². The summed E-state index contributed by atoms with van der Waals surface area (Å²) in [6.45, 7) is 2.94. The van der Waals surface area contributed by atoms with Crippen LogP contribution in [0, 0.1) is 12.3 Å².